The summed E-state index contributed by atoms with van der Waals surface area (Å²) in [4.78, 5) is 5.32. The average Bonchev–Trinajstić information content (AvgIpc) is 2.94. The van der Waals surface area contributed by atoms with Crippen LogP contribution in [0.2, 0.25) is 5.02 Å². The van der Waals surface area contributed by atoms with Crippen LogP contribution < -0.4 is 9.62 Å². The molecular weight excluding hydrogens is 312 g/mol. The number of aromatic nitrogens is 1. The maximum atomic E-state index is 11.8. The summed E-state index contributed by atoms with van der Waals surface area (Å²) in [5, 5.41) is 1.77. The Labute approximate surface area is 128 Å². The van der Waals surface area contributed by atoms with Crippen molar-refractivity contribution in [2.45, 2.75) is 0 Å². The molecular formula is C13H17ClN4O2S. The normalized spacial score (nSPS) is 17.5. The summed E-state index contributed by atoms with van der Waals surface area (Å²) in [5.74, 6) is 0. The number of H-pyrrole nitrogens is 1. The molecule has 0 amide bonds. The van der Waals surface area contributed by atoms with E-state index >= 15 is 0 Å². The number of fused-ring (bicyclic) bond motifs is 1. The van der Waals surface area contributed by atoms with E-state index in [-0.39, 0.29) is 0 Å². The van der Waals surface area contributed by atoms with Gasteiger partial charge in [-0.3, -0.25) is 0 Å². The summed E-state index contributed by atoms with van der Waals surface area (Å²) in [6.45, 7) is 2.20. The minimum atomic E-state index is -3.34. The monoisotopic (exact) mass is 328 g/mol. The Balaban J connectivity index is 1.85. The molecule has 0 spiro atoms. The zero-order chi connectivity index (χ0) is 15.0. The van der Waals surface area contributed by atoms with Gasteiger partial charge in [0.15, 0.2) is 0 Å². The number of nitrogens with one attached hydrogen (secondary N) is 2. The van der Waals surface area contributed by atoms with E-state index in [9.17, 15) is 8.42 Å². The van der Waals surface area contributed by atoms with E-state index in [0.717, 1.165) is 16.6 Å². The lowest BCUT2D eigenvalue weighted by molar-refractivity contribution is 0.381. The molecule has 0 unspecified atom stereocenters. The van der Waals surface area contributed by atoms with E-state index < -0.39 is 10.2 Å². The fourth-order valence-corrected chi connectivity index (χ4v) is 3.79. The lowest BCUT2D eigenvalue weighted by atomic mass is 10.2. The molecule has 1 saturated heterocycles. The van der Waals surface area contributed by atoms with Crippen molar-refractivity contribution in [2.24, 2.45) is 0 Å². The first kappa shape index (κ1) is 14.6. The third-order valence-corrected chi connectivity index (χ3v) is 5.57. The van der Waals surface area contributed by atoms with E-state index in [1.807, 2.05) is 24.4 Å². The minimum absolute atomic E-state index is 0.460. The predicted octanol–water partition coefficient (Wildman–Crippen LogP) is 1.41. The average molecular weight is 329 g/mol. The van der Waals surface area contributed by atoms with Crippen molar-refractivity contribution in [1.82, 2.24) is 14.0 Å². The maximum Gasteiger partial charge on any atom is 0.279 e. The molecule has 114 valence electrons. The summed E-state index contributed by atoms with van der Waals surface area (Å²) < 4.78 is 27.4. The standard InChI is InChI=1S/C13H17ClN4O2S/c1-15-21(19,20)18-6-4-17(5-7-18)13-9-10(14)8-12-11(13)2-3-16-12/h2-3,8-9,15-16H,4-7H2,1H3. The summed E-state index contributed by atoms with van der Waals surface area (Å²) in [6, 6.07) is 5.83. The summed E-state index contributed by atoms with van der Waals surface area (Å²) in [5.41, 5.74) is 2.03. The Morgan fingerprint density at radius 2 is 1.95 bits per heavy atom. The molecule has 2 aromatic rings. The molecule has 0 saturated carbocycles. The second-order valence-electron chi connectivity index (χ2n) is 4.96. The summed E-state index contributed by atoms with van der Waals surface area (Å²) in [6.07, 6.45) is 1.88. The molecule has 6 nitrogen and oxygen atoms in total. The molecule has 1 fully saturated rings. The number of halogens is 1. The second kappa shape index (κ2) is 5.49. The van der Waals surface area contributed by atoms with Crippen LogP contribution in [0.25, 0.3) is 10.9 Å². The van der Waals surface area contributed by atoms with Crippen LogP contribution in [0.1, 0.15) is 0 Å². The van der Waals surface area contributed by atoms with Crippen LogP contribution in [-0.4, -0.2) is 50.9 Å². The SMILES string of the molecule is CNS(=O)(=O)N1CCN(c2cc(Cl)cc3[nH]ccc23)CC1. The Hall–Kier alpha value is -1.28. The van der Waals surface area contributed by atoms with E-state index in [1.54, 1.807) is 0 Å². The first-order valence-electron chi connectivity index (χ1n) is 6.71. The van der Waals surface area contributed by atoms with Gasteiger partial charge in [0.05, 0.1) is 0 Å². The maximum absolute atomic E-state index is 11.8. The number of hydrogen-bond acceptors (Lipinski definition) is 3. The molecule has 1 aromatic heterocycles. The summed E-state index contributed by atoms with van der Waals surface area (Å²) in [7, 11) is -1.91. The van der Waals surface area contributed by atoms with Crippen LogP contribution in [0.15, 0.2) is 24.4 Å². The van der Waals surface area contributed by atoms with Crippen LogP contribution >= 0.6 is 11.6 Å². The number of hydrogen-bond donors (Lipinski definition) is 2. The van der Waals surface area contributed by atoms with Gasteiger partial charge in [0.1, 0.15) is 0 Å². The molecule has 0 atom stereocenters. The van der Waals surface area contributed by atoms with Gasteiger partial charge >= 0.3 is 0 Å². The van der Waals surface area contributed by atoms with E-state index in [2.05, 4.69) is 14.6 Å². The predicted molar refractivity (Wildman–Crippen MR) is 85.1 cm³/mol. The molecule has 2 heterocycles. The van der Waals surface area contributed by atoms with Crippen molar-refractivity contribution >= 4 is 38.4 Å². The highest BCUT2D eigenvalue weighted by molar-refractivity contribution is 7.87. The van der Waals surface area contributed by atoms with Gasteiger partial charge < -0.3 is 9.88 Å². The Morgan fingerprint density at radius 3 is 2.62 bits per heavy atom. The van der Waals surface area contributed by atoms with Crippen molar-refractivity contribution in [3.8, 4) is 0 Å². The van der Waals surface area contributed by atoms with Gasteiger partial charge in [-0.05, 0) is 18.2 Å². The Kier molecular flexibility index (Phi) is 3.83. The van der Waals surface area contributed by atoms with Gasteiger partial charge in [0.2, 0.25) is 0 Å². The molecule has 0 aliphatic carbocycles. The lowest BCUT2D eigenvalue weighted by Crippen LogP contribution is -2.51. The number of nitrogens with zero attached hydrogens (tertiary/aromatic N) is 2. The number of piperazine rings is 1. The number of aromatic amines is 1. The fourth-order valence-electron chi connectivity index (χ4n) is 2.67. The first-order valence-corrected chi connectivity index (χ1v) is 8.53. The third-order valence-electron chi connectivity index (χ3n) is 3.79. The highest BCUT2D eigenvalue weighted by Crippen LogP contribution is 2.31. The molecule has 1 aromatic carbocycles. The van der Waals surface area contributed by atoms with E-state index in [1.165, 1.54) is 11.4 Å². The van der Waals surface area contributed by atoms with Gasteiger partial charge in [-0.25, -0.2) is 4.72 Å². The summed E-state index contributed by atoms with van der Waals surface area (Å²) >= 11 is 6.16. The number of rotatable bonds is 3. The van der Waals surface area contributed by atoms with Gasteiger partial charge in [0, 0.05) is 61.0 Å². The first-order chi connectivity index (χ1) is 10.0. The van der Waals surface area contributed by atoms with Crippen LogP contribution in [0.3, 0.4) is 0 Å². The van der Waals surface area contributed by atoms with Gasteiger partial charge in [-0.2, -0.15) is 12.7 Å². The smallest absolute Gasteiger partial charge is 0.279 e. The highest BCUT2D eigenvalue weighted by atomic mass is 35.5. The van der Waals surface area contributed by atoms with Gasteiger partial charge in [-0.15, -0.1) is 0 Å². The molecule has 1 aliphatic rings. The van der Waals surface area contributed by atoms with Crippen molar-refractivity contribution in [1.29, 1.82) is 0 Å². The third kappa shape index (κ3) is 2.74. The van der Waals surface area contributed by atoms with Crippen LogP contribution in [-0.2, 0) is 10.2 Å². The lowest BCUT2D eigenvalue weighted by Gasteiger charge is -2.35. The van der Waals surface area contributed by atoms with Crippen LogP contribution in [0.4, 0.5) is 5.69 Å². The van der Waals surface area contributed by atoms with Crippen LogP contribution in [0, 0.1) is 0 Å². The molecule has 3 rings (SSSR count). The van der Waals surface area contributed by atoms with Crippen molar-refractivity contribution in [3.05, 3.63) is 29.4 Å². The quantitative estimate of drug-likeness (QED) is 0.895. The fraction of sp³-hybridized carbons (Fsp3) is 0.385. The zero-order valence-electron chi connectivity index (χ0n) is 11.6. The molecule has 2 N–H and O–H groups in total. The number of anilines is 1. The highest BCUT2D eigenvalue weighted by Gasteiger charge is 2.26. The molecule has 0 bridgehead atoms. The molecule has 0 radical (unpaired) electrons. The minimum Gasteiger partial charge on any atom is -0.368 e. The second-order valence-corrected chi connectivity index (χ2v) is 7.27. The molecule has 1 aliphatic heterocycles. The van der Waals surface area contributed by atoms with E-state index in [0.29, 0.717) is 31.2 Å². The largest absolute Gasteiger partial charge is 0.368 e. The van der Waals surface area contributed by atoms with Crippen molar-refractivity contribution in [3.63, 3.8) is 0 Å². The Bertz CT molecular complexity index is 751. The molecule has 21 heavy (non-hydrogen) atoms. The van der Waals surface area contributed by atoms with E-state index in [4.69, 9.17) is 11.6 Å². The van der Waals surface area contributed by atoms with Crippen molar-refractivity contribution < 1.29 is 8.42 Å². The number of benzene rings is 1. The van der Waals surface area contributed by atoms with Gasteiger partial charge in [-0.1, -0.05) is 11.6 Å². The Morgan fingerprint density at radius 1 is 1.24 bits per heavy atom. The zero-order valence-corrected chi connectivity index (χ0v) is 13.2. The molecule has 8 heteroatoms. The topological polar surface area (TPSA) is 68.4 Å². The van der Waals surface area contributed by atoms with Crippen molar-refractivity contribution in [2.75, 3.05) is 38.1 Å². The van der Waals surface area contributed by atoms with Crippen LogP contribution in [0.5, 0.6) is 0 Å². The van der Waals surface area contributed by atoms with Gasteiger partial charge in [0.25, 0.3) is 10.2 Å².